The quantitative estimate of drug-likeness (QED) is 0.435. The van der Waals surface area contributed by atoms with Crippen LogP contribution in [0.5, 0.6) is 5.75 Å². The Morgan fingerprint density at radius 1 is 1.11 bits per heavy atom. The SMILES string of the molecule is O=C(COc1ccc2c(C(F)(F)F)cc(=O)oc2c1)Nc1ccc(I)cc1. The van der Waals surface area contributed by atoms with Gasteiger partial charge in [0.25, 0.3) is 5.91 Å². The summed E-state index contributed by atoms with van der Waals surface area (Å²) < 4.78 is 50.2. The molecule has 3 aromatic rings. The van der Waals surface area contributed by atoms with Crippen LogP contribution in [0, 0.1) is 3.57 Å². The first kappa shape index (κ1) is 19.2. The highest BCUT2D eigenvalue weighted by Crippen LogP contribution is 2.34. The van der Waals surface area contributed by atoms with Gasteiger partial charge >= 0.3 is 11.8 Å². The van der Waals surface area contributed by atoms with Gasteiger partial charge in [0.1, 0.15) is 11.3 Å². The van der Waals surface area contributed by atoms with Crippen molar-refractivity contribution in [2.45, 2.75) is 6.18 Å². The summed E-state index contributed by atoms with van der Waals surface area (Å²) in [6.45, 7) is -0.360. The number of carbonyl (C=O) groups is 1. The number of anilines is 1. The number of fused-ring (bicyclic) bond motifs is 1. The lowest BCUT2D eigenvalue weighted by Crippen LogP contribution is -2.20. The predicted octanol–water partition coefficient (Wildman–Crippen LogP) is 4.43. The summed E-state index contributed by atoms with van der Waals surface area (Å²) in [6, 6.07) is 11.0. The van der Waals surface area contributed by atoms with Crippen LogP contribution < -0.4 is 15.7 Å². The van der Waals surface area contributed by atoms with Crippen LogP contribution in [-0.4, -0.2) is 12.5 Å². The molecule has 0 aliphatic rings. The van der Waals surface area contributed by atoms with Crippen molar-refractivity contribution in [2.24, 2.45) is 0 Å². The van der Waals surface area contributed by atoms with Gasteiger partial charge in [0.05, 0.1) is 5.56 Å². The van der Waals surface area contributed by atoms with Crippen LogP contribution in [0.25, 0.3) is 11.0 Å². The van der Waals surface area contributed by atoms with Crippen LogP contribution in [0.1, 0.15) is 5.56 Å². The van der Waals surface area contributed by atoms with Crippen LogP contribution in [0.2, 0.25) is 0 Å². The Morgan fingerprint density at radius 2 is 1.81 bits per heavy atom. The van der Waals surface area contributed by atoms with E-state index in [1.54, 1.807) is 12.1 Å². The maximum absolute atomic E-state index is 13.0. The van der Waals surface area contributed by atoms with Crippen molar-refractivity contribution in [3.63, 3.8) is 0 Å². The molecule has 5 nitrogen and oxygen atoms in total. The lowest BCUT2D eigenvalue weighted by molar-refractivity contribution is -0.136. The third-order valence-corrected chi connectivity index (χ3v) is 4.24. The van der Waals surface area contributed by atoms with Gasteiger partial charge in [-0.1, -0.05) is 0 Å². The van der Waals surface area contributed by atoms with Crippen molar-refractivity contribution in [1.29, 1.82) is 0 Å². The van der Waals surface area contributed by atoms with Crippen LogP contribution in [0.3, 0.4) is 0 Å². The smallest absolute Gasteiger partial charge is 0.417 e. The van der Waals surface area contributed by atoms with Crippen molar-refractivity contribution >= 4 is 45.2 Å². The van der Waals surface area contributed by atoms with Crippen molar-refractivity contribution in [2.75, 3.05) is 11.9 Å². The van der Waals surface area contributed by atoms with Gasteiger partial charge < -0.3 is 14.5 Å². The normalized spacial score (nSPS) is 11.4. The van der Waals surface area contributed by atoms with E-state index in [0.717, 1.165) is 15.7 Å². The van der Waals surface area contributed by atoms with Gasteiger partial charge in [-0.3, -0.25) is 4.79 Å². The minimum atomic E-state index is -4.69. The number of alkyl halides is 3. The summed E-state index contributed by atoms with van der Waals surface area (Å²) in [4.78, 5) is 23.3. The van der Waals surface area contributed by atoms with Gasteiger partial charge in [0.2, 0.25) is 0 Å². The van der Waals surface area contributed by atoms with E-state index in [1.807, 2.05) is 12.1 Å². The highest BCUT2D eigenvalue weighted by Gasteiger charge is 2.33. The zero-order valence-corrected chi connectivity index (χ0v) is 15.6. The Bertz CT molecular complexity index is 1050. The van der Waals surface area contributed by atoms with E-state index in [0.29, 0.717) is 11.8 Å². The summed E-state index contributed by atoms with van der Waals surface area (Å²) in [5.74, 6) is -0.343. The van der Waals surface area contributed by atoms with Crippen molar-refractivity contribution in [1.82, 2.24) is 0 Å². The molecule has 0 aliphatic heterocycles. The summed E-state index contributed by atoms with van der Waals surface area (Å²) >= 11 is 2.13. The topological polar surface area (TPSA) is 68.5 Å². The van der Waals surface area contributed by atoms with Gasteiger partial charge in [-0.25, -0.2) is 4.79 Å². The van der Waals surface area contributed by atoms with Crippen LogP contribution in [0.4, 0.5) is 18.9 Å². The van der Waals surface area contributed by atoms with Crippen LogP contribution in [0.15, 0.2) is 57.7 Å². The molecule has 0 atom stereocenters. The van der Waals surface area contributed by atoms with Crippen LogP contribution >= 0.6 is 22.6 Å². The maximum atomic E-state index is 13.0. The zero-order chi connectivity index (χ0) is 19.6. The zero-order valence-electron chi connectivity index (χ0n) is 13.5. The third-order valence-electron chi connectivity index (χ3n) is 3.52. The Kier molecular flexibility index (Phi) is 5.40. The fourth-order valence-electron chi connectivity index (χ4n) is 2.35. The van der Waals surface area contributed by atoms with E-state index in [9.17, 15) is 22.8 Å². The number of carbonyl (C=O) groups excluding carboxylic acids is 1. The van der Waals surface area contributed by atoms with E-state index in [-0.39, 0.29) is 23.3 Å². The van der Waals surface area contributed by atoms with Crippen LogP contribution in [-0.2, 0) is 11.0 Å². The average molecular weight is 489 g/mol. The molecule has 1 N–H and O–H groups in total. The van der Waals surface area contributed by atoms with E-state index < -0.39 is 23.3 Å². The van der Waals surface area contributed by atoms with Gasteiger partial charge in [0.15, 0.2) is 6.61 Å². The van der Waals surface area contributed by atoms with E-state index in [4.69, 9.17) is 9.15 Å². The Hall–Kier alpha value is -2.56. The van der Waals surface area contributed by atoms with E-state index >= 15 is 0 Å². The molecule has 1 heterocycles. The molecule has 2 aromatic carbocycles. The molecule has 0 aliphatic carbocycles. The standard InChI is InChI=1S/C18H11F3INO4/c19-18(20,21)14-8-17(25)27-15-7-12(5-6-13(14)15)26-9-16(24)23-11-3-1-10(22)2-4-11/h1-8H,9H2,(H,23,24). The summed E-state index contributed by atoms with van der Waals surface area (Å²) in [6.07, 6.45) is -4.69. The second-order valence-electron chi connectivity index (χ2n) is 5.48. The summed E-state index contributed by atoms with van der Waals surface area (Å²) in [5, 5.41) is 2.36. The molecule has 0 unspecified atom stereocenters. The number of rotatable bonds is 4. The first-order chi connectivity index (χ1) is 12.7. The first-order valence-electron chi connectivity index (χ1n) is 7.56. The molecule has 0 bridgehead atoms. The number of benzene rings is 2. The number of amides is 1. The predicted molar refractivity (Wildman–Crippen MR) is 101 cm³/mol. The van der Waals surface area contributed by atoms with E-state index in [2.05, 4.69) is 27.9 Å². The second kappa shape index (κ2) is 7.59. The Morgan fingerprint density at radius 3 is 2.48 bits per heavy atom. The summed E-state index contributed by atoms with van der Waals surface area (Å²) in [5.41, 5.74) is -1.89. The molecule has 1 amide bonds. The largest absolute Gasteiger partial charge is 0.484 e. The fraction of sp³-hybridized carbons (Fsp3) is 0.111. The fourth-order valence-corrected chi connectivity index (χ4v) is 2.71. The van der Waals surface area contributed by atoms with Gasteiger partial charge in [-0.2, -0.15) is 13.2 Å². The van der Waals surface area contributed by atoms with Crippen molar-refractivity contribution in [3.8, 4) is 5.75 Å². The number of ether oxygens (including phenoxy) is 1. The molecule has 140 valence electrons. The minimum Gasteiger partial charge on any atom is -0.484 e. The molecule has 9 heteroatoms. The molecule has 0 saturated heterocycles. The molecular formula is C18H11F3INO4. The monoisotopic (exact) mass is 489 g/mol. The minimum absolute atomic E-state index is 0.0998. The molecule has 0 saturated carbocycles. The molecule has 3 rings (SSSR count). The molecule has 1 aromatic heterocycles. The average Bonchev–Trinajstić information content (AvgIpc) is 2.60. The first-order valence-corrected chi connectivity index (χ1v) is 8.63. The molecule has 0 spiro atoms. The Balaban J connectivity index is 1.75. The molecule has 27 heavy (non-hydrogen) atoms. The second-order valence-corrected chi connectivity index (χ2v) is 6.72. The van der Waals surface area contributed by atoms with E-state index in [1.165, 1.54) is 6.07 Å². The summed E-state index contributed by atoms with van der Waals surface area (Å²) in [7, 11) is 0. The Labute approximate surface area is 164 Å². The van der Waals surface area contributed by atoms with Gasteiger partial charge in [-0.05, 0) is 59.0 Å². The van der Waals surface area contributed by atoms with Gasteiger partial charge in [0, 0.05) is 26.8 Å². The molecule has 0 radical (unpaired) electrons. The lowest BCUT2D eigenvalue weighted by Gasteiger charge is -2.11. The maximum Gasteiger partial charge on any atom is 0.417 e. The highest BCUT2D eigenvalue weighted by molar-refractivity contribution is 14.1. The number of halogens is 4. The number of nitrogens with one attached hydrogen (secondary N) is 1. The lowest BCUT2D eigenvalue weighted by atomic mass is 10.1. The third kappa shape index (κ3) is 4.79. The highest BCUT2D eigenvalue weighted by atomic mass is 127. The molecular weight excluding hydrogens is 478 g/mol. The van der Waals surface area contributed by atoms with Gasteiger partial charge in [-0.15, -0.1) is 0 Å². The van der Waals surface area contributed by atoms with Crippen molar-refractivity contribution in [3.05, 3.63) is 68.1 Å². The number of hydrogen-bond acceptors (Lipinski definition) is 4. The number of hydrogen-bond donors (Lipinski definition) is 1. The molecule has 0 fully saturated rings. The van der Waals surface area contributed by atoms with Crippen molar-refractivity contribution < 1.29 is 27.1 Å².